The van der Waals surface area contributed by atoms with Gasteiger partial charge in [0, 0.05) is 36.4 Å². The molecule has 1 aromatic carbocycles. The molecule has 4 heterocycles. The molecule has 3 amide bonds. The third-order valence-corrected chi connectivity index (χ3v) is 6.19. The monoisotopic (exact) mass is 396 g/mol. The summed E-state index contributed by atoms with van der Waals surface area (Å²) in [6, 6.07) is 13.2. The van der Waals surface area contributed by atoms with Gasteiger partial charge in [0.2, 0.25) is 0 Å². The maximum atomic E-state index is 12.9. The molecule has 2 aromatic rings. The molecule has 3 saturated heterocycles. The van der Waals surface area contributed by atoms with Crippen LogP contribution in [-0.4, -0.2) is 58.7 Å². The van der Waals surface area contributed by atoms with Crippen LogP contribution in [0.5, 0.6) is 0 Å². The Bertz CT molecular complexity index is 860. The Balaban J connectivity index is 1.47. The van der Waals surface area contributed by atoms with Gasteiger partial charge in [-0.3, -0.25) is 9.78 Å². The second-order valence-electron chi connectivity index (χ2n) is 7.34. The van der Waals surface area contributed by atoms with E-state index in [0.29, 0.717) is 31.2 Å². The molecule has 28 heavy (non-hydrogen) atoms. The average Bonchev–Trinajstić information content (AvgIpc) is 3.06. The molecule has 1 aromatic heterocycles. The number of amides is 3. The fourth-order valence-corrected chi connectivity index (χ4v) is 4.50. The lowest BCUT2D eigenvalue weighted by molar-refractivity contribution is 0.0737. The number of hydrogen-bond donors (Lipinski definition) is 1. The van der Waals surface area contributed by atoms with Crippen molar-refractivity contribution < 1.29 is 9.59 Å². The van der Waals surface area contributed by atoms with Crippen molar-refractivity contribution in [2.45, 2.75) is 23.8 Å². The van der Waals surface area contributed by atoms with Crippen molar-refractivity contribution in [3.63, 3.8) is 0 Å². The number of carbonyl (C=O) groups is 2. The molecule has 1 N–H and O–H groups in total. The van der Waals surface area contributed by atoms with Gasteiger partial charge in [0.15, 0.2) is 0 Å². The van der Waals surface area contributed by atoms with Gasteiger partial charge in [0.25, 0.3) is 5.91 Å². The minimum atomic E-state index is -0.0833. The summed E-state index contributed by atoms with van der Waals surface area (Å²) < 4.78 is 0. The van der Waals surface area contributed by atoms with Gasteiger partial charge in [-0.1, -0.05) is 12.1 Å². The number of piperidine rings is 1. The Hall–Kier alpha value is -2.54. The van der Waals surface area contributed by atoms with Crippen molar-refractivity contribution in [2.75, 3.05) is 31.2 Å². The minimum Gasteiger partial charge on any atom is -0.335 e. The molecular formula is C21H24N4O2S. The van der Waals surface area contributed by atoms with Crippen LogP contribution in [0.4, 0.5) is 10.5 Å². The number of carbonyl (C=O) groups excluding carboxylic acids is 2. The highest BCUT2D eigenvalue weighted by Gasteiger charge is 2.39. The molecule has 3 aliphatic heterocycles. The number of urea groups is 1. The number of fused-ring (bicyclic) bond motifs is 4. The Morgan fingerprint density at radius 1 is 1.11 bits per heavy atom. The van der Waals surface area contributed by atoms with Crippen LogP contribution < -0.4 is 5.32 Å². The number of hydrogen-bond acceptors (Lipinski definition) is 4. The standard InChI is InChI=1S/C21H24N4O2S/c1-28-18-6-4-5-16(11-18)23-21(27)25-13-15-8-9-17(25)14-24(12-15)20(26)19-7-2-3-10-22-19/h2-7,10-11,15,17H,8-9,12-14H2,1H3,(H,23,27)/t15-,17+/m0/s1. The number of nitrogens with one attached hydrogen (secondary N) is 1. The predicted octanol–water partition coefficient (Wildman–Crippen LogP) is 3.57. The van der Waals surface area contributed by atoms with Crippen LogP contribution in [0, 0.1) is 5.92 Å². The first-order valence-electron chi connectivity index (χ1n) is 9.56. The second-order valence-corrected chi connectivity index (χ2v) is 8.22. The van der Waals surface area contributed by atoms with E-state index in [4.69, 9.17) is 0 Å². The van der Waals surface area contributed by atoms with E-state index in [1.807, 2.05) is 46.4 Å². The number of pyridine rings is 1. The van der Waals surface area contributed by atoms with Gasteiger partial charge in [-0.05, 0) is 55.3 Å². The first kappa shape index (κ1) is 18.8. The van der Waals surface area contributed by atoms with E-state index < -0.39 is 0 Å². The van der Waals surface area contributed by atoms with Gasteiger partial charge < -0.3 is 15.1 Å². The molecule has 146 valence electrons. The molecule has 2 bridgehead atoms. The SMILES string of the molecule is CSc1cccc(NC(=O)N2C[C@H]3CC[C@@H]2CN(C(=O)c2ccccn2)C3)c1. The quantitative estimate of drug-likeness (QED) is 0.806. The van der Waals surface area contributed by atoms with Crippen molar-refractivity contribution in [2.24, 2.45) is 5.92 Å². The molecule has 6 nitrogen and oxygen atoms in total. The molecule has 3 aliphatic rings. The van der Waals surface area contributed by atoms with E-state index in [1.165, 1.54) is 0 Å². The number of benzene rings is 1. The van der Waals surface area contributed by atoms with Gasteiger partial charge in [-0.15, -0.1) is 11.8 Å². The molecule has 3 fully saturated rings. The molecule has 7 heteroatoms. The van der Waals surface area contributed by atoms with Crippen molar-refractivity contribution in [1.29, 1.82) is 0 Å². The Morgan fingerprint density at radius 2 is 2.00 bits per heavy atom. The number of rotatable bonds is 3. The molecule has 0 unspecified atom stereocenters. The molecule has 0 aliphatic carbocycles. The van der Waals surface area contributed by atoms with E-state index >= 15 is 0 Å². The van der Waals surface area contributed by atoms with Gasteiger partial charge in [-0.2, -0.15) is 0 Å². The lowest BCUT2D eigenvalue weighted by Gasteiger charge is -2.36. The van der Waals surface area contributed by atoms with Gasteiger partial charge in [0.1, 0.15) is 5.69 Å². The van der Waals surface area contributed by atoms with E-state index in [9.17, 15) is 9.59 Å². The first-order chi connectivity index (χ1) is 13.6. The Morgan fingerprint density at radius 3 is 2.79 bits per heavy atom. The molecule has 5 rings (SSSR count). The zero-order valence-electron chi connectivity index (χ0n) is 15.9. The molecular weight excluding hydrogens is 372 g/mol. The summed E-state index contributed by atoms with van der Waals surface area (Å²) in [4.78, 5) is 34.9. The summed E-state index contributed by atoms with van der Waals surface area (Å²) in [5.74, 6) is 0.252. The summed E-state index contributed by atoms with van der Waals surface area (Å²) in [7, 11) is 0. The van der Waals surface area contributed by atoms with E-state index in [1.54, 1.807) is 30.1 Å². The second kappa shape index (κ2) is 8.22. The van der Waals surface area contributed by atoms with Crippen LogP contribution in [0.15, 0.2) is 53.6 Å². The normalized spacial score (nSPS) is 21.3. The highest BCUT2D eigenvalue weighted by Crippen LogP contribution is 2.29. The van der Waals surface area contributed by atoms with Crippen molar-refractivity contribution in [3.8, 4) is 0 Å². The van der Waals surface area contributed by atoms with Crippen LogP contribution in [-0.2, 0) is 0 Å². The fraction of sp³-hybridized carbons (Fsp3) is 0.381. The van der Waals surface area contributed by atoms with Crippen molar-refractivity contribution >= 4 is 29.4 Å². The topological polar surface area (TPSA) is 65.5 Å². The smallest absolute Gasteiger partial charge is 0.322 e. The lowest BCUT2D eigenvalue weighted by atomic mass is 9.95. The maximum Gasteiger partial charge on any atom is 0.322 e. The lowest BCUT2D eigenvalue weighted by Crippen LogP contribution is -2.49. The highest BCUT2D eigenvalue weighted by molar-refractivity contribution is 7.98. The van der Waals surface area contributed by atoms with Crippen LogP contribution in [0.25, 0.3) is 0 Å². The summed E-state index contributed by atoms with van der Waals surface area (Å²) in [6.45, 7) is 1.92. The molecule has 0 radical (unpaired) electrons. The maximum absolute atomic E-state index is 12.9. The summed E-state index contributed by atoms with van der Waals surface area (Å²) in [5, 5.41) is 3.03. The van der Waals surface area contributed by atoms with Crippen LogP contribution in [0.1, 0.15) is 23.3 Å². The summed E-state index contributed by atoms with van der Waals surface area (Å²) in [6.07, 6.45) is 5.63. The molecule has 2 atom stereocenters. The van der Waals surface area contributed by atoms with Crippen molar-refractivity contribution in [3.05, 3.63) is 54.4 Å². The minimum absolute atomic E-state index is 0.0372. The zero-order chi connectivity index (χ0) is 19.5. The van der Waals surface area contributed by atoms with Crippen LogP contribution in [0.2, 0.25) is 0 Å². The third-order valence-electron chi connectivity index (χ3n) is 5.47. The van der Waals surface area contributed by atoms with Gasteiger partial charge >= 0.3 is 6.03 Å². The first-order valence-corrected chi connectivity index (χ1v) is 10.8. The van der Waals surface area contributed by atoms with Gasteiger partial charge in [0.05, 0.1) is 6.04 Å². The molecule has 0 spiro atoms. The van der Waals surface area contributed by atoms with Crippen LogP contribution in [0.3, 0.4) is 0 Å². The van der Waals surface area contributed by atoms with Crippen LogP contribution >= 0.6 is 11.8 Å². The van der Waals surface area contributed by atoms with Gasteiger partial charge in [-0.25, -0.2) is 4.79 Å². The number of nitrogens with zero attached hydrogens (tertiary/aromatic N) is 3. The Kier molecular flexibility index (Phi) is 5.52. The zero-order valence-corrected chi connectivity index (χ0v) is 16.7. The summed E-state index contributed by atoms with van der Waals surface area (Å²) >= 11 is 1.65. The Labute approximate surface area is 169 Å². The average molecular weight is 397 g/mol. The third kappa shape index (κ3) is 3.99. The van der Waals surface area contributed by atoms with E-state index in [-0.39, 0.29) is 18.0 Å². The largest absolute Gasteiger partial charge is 0.335 e. The van der Waals surface area contributed by atoms with Crippen molar-refractivity contribution in [1.82, 2.24) is 14.8 Å². The fourth-order valence-electron chi connectivity index (χ4n) is 4.04. The number of aromatic nitrogens is 1. The summed E-state index contributed by atoms with van der Waals surface area (Å²) in [5.41, 5.74) is 1.27. The number of thioether (sulfide) groups is 1. The van der Waals surface area contributed by atoms with E-state index in [0.717, 1.165) is 23.4 Å². The highest BCUT2D eigenvalue weighted by atomic mass is 32.2. The predicted molar refractivity (Wildman–Crippen MR) is 111 cm³/mol. The van der Waals surface area contributed by atoms with E-state index in [2.05, 4.69) is 10.3 Å². The number of anilines is 1. The molecule has 0 saturated carbocycles.